The number of carbonyl (C=O) groups excluding carboxylic acids is 1. The lowest BCUT2D eigenvalue weighted by Crippen LogP contribution is -2.34. The van der Waals surface area contributed by atoms with Gasteiger partial charge < -0.3 is 4.90 Å². The number of para-hydroxylation sites is 1. The molecule has 3 aromatic carbocycles. The summed E-state index contributed by atoms with van der Waals surface area (Å²) in [7, 11) is -4.04. The molecule has 1 N–H and O–H groups in total. The Morgan fingerprint density at radius 3 is 2.39 bits per heavy atom. The molecule has 1 amide bonds. The first-order valence-electron chi connectivity index (χ1n) is 9.85. The van der Waals surface area contributed by atoms with Crippen molar-refractivity contribution in [2.24, 2.45) is 0 Å². The van der Waals surface area contributed by atoms with Gasteiger partial charge in [-0.2, -0.15) is 0 Å². The SMILES string of the molecule is O=C(c1cccc(S(=O)(=O)Nc2ccccc2F)c1)N1CC=C(c2ccccc2)CC1. The van der Waals surface area contributed by atoms with Crippen molar-refractivity contribution in [1.29, 1.82) is 0 Å². The molecule has 0 aromatic heterocycles. The number of anilines is 1. The quantitative estimate of drug-likeness (QED) is 0.638. The zero-order chi connectivity index (χ0) is 21.8. The average Bonchev–Trinajstić information content (AvgIpc) is 2.81. The first-order valence-corrected chi connectivity index (χ1v) is 11.3. The van der Waals surface area contributed by atoms with Crippen LogP contribution < -0.4 is 4.72 Å². The molecule has 0 saturated carbocycles. The summed E-state index contributed by atoms with van der Waals surface area (Å²) in [4.78, 5) is 14.5. The van der Waals surface area contributed by atoms with Crippen molar-refractivity contribution in [2.45, 2.75) is 11.3 Å². The van der Waals surface area contributed by atoms with Crippen molar-refractivity contribution in [3.63, 3.8) is 0 Å². The minimum atomic E-state index is -4.04. The van der Waals surface area contributed by atoms with Crippen LogP contribution in [0.2, 0.25) is 0 Å². The number of hydrogen-bond donors (Lipinski definition) is 1. The van der Waals surface area contributed by atoms with Crippen molar-refractivity contribution in [2.75, 3.05) is 17.8 Å². The molecule has 1 heterocycles. The summed E-state index contributed by atoms with van der Waals surface area (Å²) in [6.07, 6.45) is 2.75. The van der Waals surface area contributed by atoms with Gasteiger partial charge in [0.05, 0.1) is 10.6 Å². The van der Waals surface area contributed by atoms with Crippen LogP contribution in [0.4, 0.5) is 10.1 Å². The van der Waals surface area contributed by atoms with Crippen molar-refractivity contribution in [3.8, 4) is 0 Å². The number of sulfonamides is 1. The molecule has 1 aliphatic heterocycles. The number of carbonyl (C=O) groups is 1. The third-order valence-electron chi connectivity index (χ3n) is 5.15. The largest absolute Gasteiger partial charge is 0.335 e. The average molecular weight is 437 g/mol. The Hall–Kier alpha value is -3.45. The number of halogens is 1. The Morgan fingerprint density at radius 1 is 0.935 bits per heavy atom. The Balaban J connectivity index is 1.51. The molecule has 0 spiro atoms. The van der Waals surface area contributed by atoms with E-state index in [1.807, 2.05) is 36.4 Å². The van der Waals surface area contributed by atoms with E-state index in [2.05, 4.69) is 4.72 Å². The third kappa shape index (κ3) is 4.67. The highest BCUT2D eigenvalue weighted by atomic mass is 32.2. The fourth-order valence-corrected chi connectivity index (χ4v) is 4.61. The molecule has 7 heteroatoms. The molecule has 0 atom stereocenters. The van der Waals surface area contributed by atoms with E-state index in [1.165, 1.54) is 48.0 Å². The van der Waals surface area contributed by atoms with E-state index in [0.717, 1.165) is 12.0 Å². The molecule has 4 rings (SSSR count). The third-order valence-corrected chi connectivity index (χ3v) is 6.51. The number of amides is 1. The molecule has 0 radical (unpaired) electrons. The van der Waals surface area contributed by atoms with Gasteiger partial charge in [-0.25, -0.2) is 12.8 Å². The van der Waals surface area contributed by atoms with Gasteiger partial charge in [0, 0.05) is 18.7 Å². The lowest BCUT2D eigenvalue weighted by atomic mass is 9.99. The summed E-state index contributed by atoms with van der Waals surface area (Å²) < 4.78 is 41.5. The van der Waals surface area contributed by atoms with E-state index >= 15 is 0 Å². The molecule has 3 aromatic rings. The molecule has 158 valence electrons. The highest BCUT2D eigenvalue weighted by molar-refractivity contribution is 7.92. The lowest BCUT2D eigenvalue weighted by Gasteiger charge is -2.27. The maximum Gasteiger partial charge on any atom is 0.262 e. The first kappa shape index (κ1) is 20.8. The molecule has 1 aliphatic rings. The summed E-state index contributed by atoms with van der Waals surface area (Å²) in [6.45, 7) is 0.998. The van der Waals surface area contributed by atoms with Crippen molar-refractivity contribution in [1.82, 2.24) is 4.90 Å². The number of rotatable bonds is 5. The highest BCUT2D eigenvalue weighted by Gasteiger charge is 2.22. The fraction of sp³-hybridized carbons (Fsp3) is 0.125. The zero-order valence-corrected chi connectivity index (χ0v) is 17.5. The van der Waals surface area contributed by atoms with Crippen LogP contribution in [0.3, 0.4) is 0 Å². The number of hydrogen-bond acceptors (Lipinski definition) is 3. The van der Waals surface area contributed by atoms with Crippen LogP contribution in [-0.2, 0) is 10.0 Å². The van der Waals surface area contributed by atoms with Crippen LogP contribution in [0.15, 0.2) is 89.8 Å². The Bertz CT molecular complexity index is 1240. The van der Waals surface area contributed by atoms with Crippen LogP contribution in [-0.4, -0.2) is 32.3 Å². The minimum absolute atomic E-state index is 0.0980. The number of nitrogens with zero attached hydrogens (tertiary/aromatic N) is 1. The summed E-state index contributed by atoms with van der Waals surface area (Å²) in [5, 5.41) is 0. The van der Waals surface area contributed by atoms with Gasteiger partial charge in [-0.15, -0.1) is 0 Å². The van der Waals surface area contributed by atoms with Gasteiger partial charge in [-0.3, -0.25) is 9.52 Å². The standard InChI is InChI=1S/C24H21FN2O3S/c25-22-11-4-5-12-23(22)26-31(29,30)21-10-6-9-20(17-21)24(28)27-15-13-19(14-16-27)18-7-2-1-3-8-18/h1-13,17,26H,14-16H2. The number of nitrogens with one attached hydrogen (secondary N) is 1. The first-order chi connectivity index (χ1) is 14.9. The van der Waals surface area contributed by atoms with Crippen LogP contribution in [0, 0.1) is 5.82 Å². The maximum absolute atomic E-state index is 13.8. The second-order valence-electron chi connectivity index (χ2n) is 7.21. The van der Waals surface area contributed by atoms with Crippen LogP contribution in [0.25, 0.3) is 5.57 Å². The molecular formula is C24H21FN2O3S. The van der Waals surface area contributed by atoms with E-state index in [4.69, 9.17) is 0 Å². The van der Waals surface area contributed by atoms with Gasteiger partial charge in [0.15, 0.2) is 0 Å². The van der Waals surface area contributed by atoms with Crippen LogP contribution in [0.1, 0.15) is 22.3 Å². The van der Waals surface area contributed by atoms with Gasteiger partial charge in [0.25, 0.3) is 15.9 Å². The predicted molar refractivity (Wildman–Crippen MR) is 119 cm³/mol. The fourth-order valence-electron chi connectivity index (χ4n) is 3.49. The van der Waals surface area contributed by atoms with Gasteiger partial charge in [0.2, 0.25) is 0 Å². The smallest absolute Gasteiger partial charge is 0.262 e. The highest BCUT2D eigenvalue weighted by Crippen LogP contribution is 2.24. The summed E-state index contributed by atoms with van der Waals surface area (Å²) in [6, 6.07) is 21.3. The van der Waals surface area contributed by atoms with Crippen LogP contribution >= 0.6 is 0 Å². The molecule has 31 heavy (non-hydrogen) atoms. The molecule has 0 fully saturated rings. The molecule has 5 nitrogen and oxygen atoms in total. The van der Waals surface area contributed by atoms with Crippen molar-refractivity contribution in [3.05, 3.63) is 102 Å². The monoisotopic (exact) mass is 436 g/mol. The molecular weight excluding hydrogens is 415 g/mol. The van der Waals surface area contributed by atoms with Crippen molar-refractivity contribution >= 4 is 27.2 Å². The summed E-state index contributed by atoms with van der Waals surface area (Å²) in [5.41, 5.74) is 2.46. The molecule has 0 saturated heterocycles. The van der Waals surface area contributed by atoms with E-state index < -0.39 is 15.8 Å². The second-order valence-corrected chi connectivity index (χ2v) is 8.89. The van der Waals surface area contributed by atoms with Crippen molar-refractivity contribution < 1.29 is 17.6 Å². The molecule has 0 unspecified atom stereocenters. The zero-order valence-electron chi connectivity index (χ0n) is 16.7. The van der Waals surface area contributed by atoms with Gasteiger partial charge in [0.1, 0.15) is 5.82 Å². The molecule has 0 bridgehead atoms. The van der Waals surface area contributed by atoms with Crippen LogP contribution in [0.5, 0.6) is 0 Å². The molecule has 0 aliphatic carbocycles. The Morgan fingerprint density at radius 2 is 1.68 bits per heavy atom. The topological polar surface area (TPSA) is 66.5 Å². The number of benzene rings is 3. The van der Waals surface area contributed by atoms with Gasteiger partial charge >= 0.3 is 0 Å². The Labute approximate surface area is 180 Å². The maximum atomic E-state index is 13.8. The van der Waals surface area contributed by atoms with Gasteiger partial charge in [-0.05, 0) is 47.9 Å². The summed E-state index contributed by atoms with van der Waals surface area (Å²) in [5.74, 6) is -0.918. The minimum Gasteiger partial charge on any atom is -0.335 e. The summed E-state index contributed by atoms with van der Waals surface area (Å²) >= 11 is 0. The Kier molecular flexibility index (Phi) is 5.86. The van der Waals surface area contributed by atoms with E-state index in [0.29, 0.717) is 13.1 Å². The normalized spacial score (nSPS) is 14.1. The van der Waals surface area contributed by atoms with E-state index in [9.17, 15) is 17.6 Å². The lowest BCUT2D eigenvalue weighted by molar-refractivity contribution is 0.0772. The second kappa shape index (κ2) is 8.73. The predicted octanol–water partition coefficient (Wildman–Crippen LogP) is 4.56. The van der Waals surface area contributed by atoms with E-state index in [-0.39, 0.29) is 22.1 Å². The van der Waals surface area contributed by atoms with Gasteiger partial charge in [-0.1, -0.05) is 54.6 Å². The van der Waals surface area contributed by atoms with E-state index in [1.54, 1.807) is 11.0 Å².